The van der Waals surface area contributed by atoms with Crippen molar-refractivity contribution in [1.82, 2.24) is 19.3 Å². The van der Waals surface area contributed by atoms with Gasteiger partial charge in [0.05, 0.1) is 17.2 Å². The van der Waals surface area contributed by atoms with Crippen LogP contribution in [0.15, 0.2) is 41.7 Å². The minimum Gasteiger partial charge on any atom is -0.309 e. The monoisotopic (exact) mass is 365 g/mol. The van der Waals surface area contributed by atoms with Crippen LogP contribution in [0.4, 0.5) is 14.6 Å². The maximum atomic E-state index is 12.8. The molecule has 0 saturated heterocycles. The lowest BCUT2D eigenvalue weighted by atomic mass is 10.3. The van der Waals surface area contributed by atoms with Gasteiger partial charge in [-0.2, -0.15) is 13.9 Å². The van der Waals surface area contributed by atoms with Gasteiger partial charge in [-0.15, -0.1) is 0 Å². The van der Waals surface area contributed by atoms with Crippen molar-refractivity contribution in [2.24, 2.45) is 0 Å². The standard InChI is InChI=1S/C16H17F2N5OS/c1-10(2)23-13(7-8-19-23)21-14(24)9-22-12-6-4-3-5-11(12)20-16(22)25-15(17)18/h3-8,10,15H,9H2,1-2H3,(H,21,24). The Morgan fingerprint density at radius 1 is 1.28 bits per heavy atom. The number of carbonyl (C=O) groups is 1. The molecule has 0 aliphatic carbocycles. The lowest BCUT2D eigenvalue weighted by molar-refractivity contribution is -0.116. The van der Waals surface area contributed by atoms with Crippen LogP contribution in [0, 0.1) is 0 Å². The maximum absolute atomic E-state index is 12.8. The minimum atomic E-state index is -2.61. The smallest absolute Gasteiger partial charge is 0.291 e. The number of carbonyl (C=O) groups excluding carboxylic acids is 1. The number of nitrogens with zero attached hydrogens (tertiary/aromatic N) is 4. The molecule has 132 valence electrons. The maximum Gasteiger partial charge on any atom is 0.291 e. The van der Waals surface area contributed by atoms with E-state index in [1.54, 1.807) is 41.2 Å². The van der Waals surface area contributed by atoms with Gasteiger partial charge in [-0.1, -0.05) is 12.1 Å². The molecule has 9 heteroatoms. The van der Waals surface area contributed by atoms with Gasteiger partial charge >= 0.3 is 0 Å². The molecule has 25 heavy (non-hydrogen) atoms. The summed E-state index contributed by atoms with van der Waals surface area (Å²) in [4.78, 5) is 16.6. The van der Waals surface area contributed by atoms with Crippen LogP contribution in [0.5, 0.6) is 0 Å². The third-order valence-corrected chi connectivity index (χ3v) is 4.24. The van der Waals surface area contributed by atoms with Crippen molar-refractivity contribution in [1.29, 1.82) is 0 Å². The van der Waals surface area contributed by atoms with Crippen molar-refractivity contribution in [3.05, 3.63) is 36.5 Å². The number of amides is 1. The Morgan fingerprint density at radius 2 is 2.04 bits per heavy atom. The summed E-state index contributed by atoms with van der Waals surface area (Å²) in [7, 11) is 0. The highest BCUT2D eigenvalue weighted by molar-refractivity contribution is 7.99. The topological polar surface area (TPSA) is 64.7 Å². The van der Waals surface area contributed by atoms with Crippen molar-refractivity contribution >= 4 is 34.5 Å². The Balaban J connectivity index is 1.86. The van der Waals surface area contributed by atoms with E-state index < -0.39 is 5.76 Å². The number of hydrogen-bond acceptors (Lipinski definition) is 4. The van der Waals surface area contributed by atoms with Gasteiger partial charge in [-0.3, -0.25) is 4.79 Å². The number of thioether (sulfide) groups is 1. The Bertz CT molecular complexity index is 890. The first-order chi connectivity index (χ1) is 12.0. The number of benzene rings is 1. The van der Waals surface area contributed by atoms with Crippen LogP contribution in [0.2, 0.25) is 0 Å². The lowest BCUT2D eigenvalue weighted by Crippen LogP contribution is -2.21. The van der Waals surface area contributed by atoms with E-state index in [-0.39, 0.29) is 23.7 Å². The summed E-state index contributed by atoms with van der Waals surface area (Å²) >= 11 is 0.330. The molecular weight excluding hydrogens is 348 g/mol. The van der Waals surface area contributed by atoms with Gasteiger partial charge in [0.15, 0.2) is 5.16 Å². The number of anilines is 1. The zero-order chi connectivity index (χ0) is 18.0. The van der Waals surface area contributed by atoms with Crippen molar-refractivity contribution in [3.63, 3.8) is 0 Å². The average Bonchev–Trinajstić information content (AvgIpc) is 3.12. The zero-order valence-electron chi connectivity index (χ0n) is 13.7. The summed E-state index contributed by atoms with van der Waals surface area (Å²) in [6, 6.07) is 8.82. The third kappa shape index (κ3) is 3.81. The molecule has 0 radical (unpaired) electrons. The fraction of sp³-hybridized carbons (Fsp3) is 0.312. The molecule has 1 aromatic carbocycles. The average molecular weight is 365 g/mol. The number of fused-ring (bicyclic) bond motifs is 1. The molecule has 3 aromatic rings. The lowest BCUT2D eigenvalue weighted by Gasteiger charge is -2.13. The van der Waals surface area contributed by atoms with Crippen molar-refractivity contribution in [2.45, 2.75) is 37.3 Å². The number of nitrogens with one attached hydrogen (secondary N) is 1. The molecule has 2 heterocycles. The molecule has 1 amide bonds. The first-order valence-electron chi connectivity index (χ1n) is 7.69. The fourth-order valence-electron chi connectivity index (χ4n) is 2.53. The van der Waals surface area contributed by atoms with Crippen LogP contribution < -0.4 is 5.32 Å². The number of aromatic nitrogens is 4. The van der Waals surface area contributed by atoms with Gasteiger partial charge in [0, 0.05) is 12.1 Å². The van der Waals surface area contributed by atoms with Gasteiger partial charge in [0.1, 0.15) is 12.4 Å². The first-order valence-corrected chi connectivity index (χ1v) is 8.57. The highest BCUT2D eigenvalue weighted by Crippen LogP contribution is 2.28. The van der Waals surface area contributed by atoms with Crippen LogP contribution >= 0.6 is 11.8 Å². The number of rotatable bonds is 6. The summed E-state index contributed by atoms with van der Waals surface area (Å²) in [5.74, 6) is -2.38. The number of hydrogen-bond donors (Lipinski definition) is 1. The van der Waals surface area contributed by atoms with Crippen molar-refractivity contribution < 1.29 is 13.6 Å². The third-order valence-electron chi connectivity index (χ3n) is 3.54. The Morgan fingerprint density at radius 3 is 2.76 bits per heavy atom. The molecule has 2 aromatic heterocycles. The van der Waals surface area contributed by atoms with Crippen molar-refractivity contribution in [3.8, 4) is 0 Å². The predicted molar refractivity (Wildman–Crippen MR) is 92.8 cm³/mol. The highest BCUT2D eigenvalue weighted by atomic mass is 32.2. The molecule has 6 nitrogen and oxygen atoms in total. The van der Waals surface area contributed by atoms with Crippen molar-refractivity contribution in [2.75, 3.05) is 5.32 Å². The number of alkyl halides is 2. The molecule has 0 aliphatic heterocycles. The normalized spacial score (nSPS) is 11.6. The van der Waals surface area contributed by atoms with E-state index in [1.165, 1.54) is 4.57 Å². The van der Waals surface area contributed by atoms with Gasteiger partial charge < -0.3 is 9.88 Å². The summed E-state index contributed by atoms with van der Waals surface area (Å²) < 4.78 is 28.8. The van der Waals surface area contributed by atoms with Gasteiger partial charge in [-0.05, 0) is 37.7 Å². The molecule has 0 unspecified atom stereocenters. The zero-order valence-corrected chi connectivity index (χ0v) is 14.5. The molecule has 0 aliphatic rings. The molecule has 1 N–H and O–H groups in total. The molecule has 0 bridgehead atoms. The van der Waals surface area contributed by atoms with Crippen LogP contribution in [-0.2, 0) is 11.3 Å². The number of imidazole rings is 1. The second kappa shape index (κ2) is 7.22. The molecule has 0 spiro atoms. The SMILES string of the molecule is CC(C)n1nccc1NC(=O)Cn1c(SC(F)F)nc2ccccc21. The van der Waals surface area contributed by atoms with E-state index in [1.807, 2.05) is 13.8 Å². The quantitative estimate of drug-likeness (QED) is 0.676. The number of para-hydroxylation sites is 2. The number of halogens is 2. The summed E-state index contributed by atoms with van der Waals surface area (Å²) in [5, 5.41) is 7.04. The van der Waals surface area contributed by atoms with Crippen LogP contribution in [0.25, 0.3) is 11.0 Å². The van der Waals surface area contributed by atoms with Gasteiger partial charge in [-0.25, -0.2) is 9.67 Å². The van der Waals surface area contributed by atoms with E-state index in [2.05, 4.69) is 15.4 Å². The molecule has 0 saturated carbocycles. The van der Waals surface area contributed by atoms with E-state index in [9.17, 15) is 13.6 Å². The summed E-state index contributed by atoms with van der Waals surface area (Å²) in [5.41, 5.74) is 1.21. The minimum absolute atomic E-state index is 0.0873. The van der Waals surface area contributed by atoms with E-state index in [4.69, 9.17) is 0 Å². The molecule has 0 fully saturated rings. The van der Waals surface area contributed by atoms with Crippen LogP contribution in [0.1, 0.15) is 19.9 Å². The van der Waals surface area contributed by atoms with E-state index >= 15 is 0 Å². The van der Waals surface area contributed by atoms with Gasteiger partial charge in [0.2, 0.25) is 5.91 Å². The Kier molecular flexibility index (Phi) is 5.03. The second-order valence-corrected chi connectivity index (χ2v) is 6.61. The van der Waals surface area contributed by atoms with E-state index in [0.717, 1.165) is 0 Å². The largest absolute Gasteiger partial charge is 0.309 e. The molecular formula is C16H17F2N5OS. The fourth-order valence-corrected chi connectivity index (χ4v) is 3.13. The Labute approximate surface area is 147 Å². The molecule has 0 atom stereocenters. The van der Waals surface area contributed by atoms with Crippen LogP contribution in [-0.4, -0.2) is 31.0 Å². The Hall–Kier alpha value is -2.42. The second-order valence-electron chi connectivity index (χ2n) is 5.65. The first kappa shape index (κ1) is 17.4. The summed E-state index contributed by atoms with van der Waals surface area (Å²) in [6.07, 6.45) is 1.60. The summed E-state index contributed by atoms with van der Waals surface area (Å²) in [6.45, 7) is 3.78. The predicted octanol–water partition coefficient (Wildman–Crippen LogP) is 3.77. The van der Waals surface area contributed by atoms with Gasteiger partial charge in [0.25, 0.3) is 5.76 Å². The van der Waals surface area contributed by atoms with Crippen LogP contribution in [0.3, 0.4) is 0 Å². The molecule has 3 rings (SSSR count). The highest BCUT2D eigenvalue weighted by Gasteiger charge is 2.18. The van der Waals surface area contributed by atoms with E-state index in [0.29, 0.717) is 28.6 Å².